The van der Waals surface area contributed by atoms with Gasteiger partial charge in [0.15, 0.2) is 0 Å². The molecule has 150 valence electrons. The Morgan fingerprint density at radius 3 is 1.36 bits per heavy atom. The summed E-state index contributed by atoms with van der Waals surface area (Å²) in [5.41, 5.74) is 0. The molecule has 0 aromatic carbocycles. The van der Waals surface area contributed by atoms with Gasteiger partial charge in [-0.2, -0.15) is 0 Å². The van der Waals surface area contributed by atoms with Crippen molar-refractivity contribution in [1.82, 2.24) is 0 Å². The quantitative estimate of drug-likeness (QED) is 0.296. The van der Waals surface area contributed by atoms with E-state index in [-0.39, 0.29) is 6.61 Å². The molecule has 0 fully saturated rings. The molecule has 2 atom stereocenters. The summed E-state index contributed by atoms with van der Waals surface area (Å²) < 4.78 is 0. The van der Waals surface area contributed by atoms with Gasteiger partial charge >= 0.3 is 0 Å². The molecule has 4 nitrogen and oxygen atoms in total. The van der Waals surface area contributed by atoms with Gasteiger partial charge in [-0.3, -0.25) is 0 Å². The zero-order chi connectivity index (χ0) is 18.8. The van der Waals surface area contributed by atoms with E-state index in [1.807, 2.05) is 0 Å². The molecule has 2 unspecified atom stereocenters. The second-order valence-electron chi connectivity index (χ2n) is 7.51. The maximum absolute atomic E-state index is 10.8. The molecule has 4 heteroatoms. The molecule has 0 rings (SSSR count). The first kappa shape index (κ1) is 24.6. The molecule has 0 aromatic heterocycles. The van der Waals surface area contributed by atoms with Crippen molar-refractivity contribution in [2.45, 2.75) is 122 Å². The largest absolute Gasteiger partial charge is 0.394 e. The van der Waals surface area contributed by atoms with Crippen molar-refractivity contribution >= 4 is 5.78 Å². The molecule has 0 aliphatic rings. The van der Waals surface area contributed by atoms with E-state index in [1.165, 1.54) is 70.6 Å². The predicted molar refractivity (Wildman–Crippen MR) is 104 cm³/mol. The van der Waals surface area contributed by atoms with E-state index >= 15 is 0 Å². The van der Waals surface area contributed by atoms with Gasteiger partial charge in [-0.05, 0) is 19.8 Å². The summed E-state index contributed by atoms with van der Waals surface area (Å²) >= 11 is 0. The molecule has 0 saturated heterocycles. The van der Waals surface area contributed by atoms with Crippen molar-refractivity contribution in [2.24, 2.45) is 0 Å². The van der Waals surface area contributed by atoms with Gasteiger partial charge in [0.2, 0.25) is 0 Å². The van der Waals surface area contributed by atoms with Gasteiger partial charge in [-0.1, -0.05) is 83.5 Å². The summed E-state index contributed by atoms with van der Waals surface area (Å²) in [5, 5.41) is 27.5. The number of aliphatic hydroxyl groups is 3. The summed E-state index contributed by atoms with van der Waals surface area (Å²) in [4.78, 5) is 10.8. The van der Waals surface area contributed by atoms with Gasteiger partial charge in [-0.15, -0.1) is 0 Å². The van der Waals surface area contributed by atoms with Crippen LogP contribution in [0.2, 0.25) is 0 Å². The Labute approximate surface area is 155 Å². The molecular formula is C21H42O4. The summed E-state index contributed by atoms with van der Waals surface area (Å²) in [6.45, 7) is 1.32. The van der Waals surface area contributed by atoms with E-state index in [0.717, 1.165) is 25.7 Å². The smallest absolute Gasteiger partial charge is 0.129 e. The standard InChI is InChI=1S/C21H42O4/c1-19(23)16-14-12-10-8-6-4-2-3-5-7-9-11-13-15-17-20(24)21(25)18-22/h20-22,24-25H,2-18H2,1H3. The first-order valence-corrected chi connectivity index (χ1v) is 10.5. The normalized spacial score (nSPS) is 13.8. The van der Waals surface area contributed by atoms with Crippen molar-refractivity contribution in [2.75, 3.05) is 6.61 Å². The number of Topliss-reactive ketones (excluding diaryl/α,β-unsaturated/α-hetero) is 1. The van der Waals surface area contributed by atoms with Crippen molar-refractivity contribution in [3.8, 4) is 0 Å². The minimum Gasteiger partial charge on any atom is -0.394 e. The van der Waals surface area contributed by atoms with Crippen LogP contribution in [-0.2, 0) is 4.79 Å². The SMILES string of the molecule is CC(=O)CCCCCCCCCCCCCCCCC(O)C(O)CO. The number of carbonyl (C=O) groups is 1. The molecular weight excluding hydrogens is 316 g/mol. The second-order valence-corrected chi connectivity index (χ2v) is 7.51. The van der Waals surface area contributed by atoms with E-state index in [0.29, 0.717) is 12.2 Å². The number of hydrogen-bond donors (Lipinski definition) is 3. The average Bonchev–Trinajstić information content (AvgIpc) is 2.60. The summed E-state index contributed by atoms with van der Waals surface area (Å²) in [6, 6.07) is 0. The lowest BCUT2D eigenvalue weighted by Gasteiger charge is -2.14. The summed E-state index contributed by atoms with van der Waals surface area (Å²) in [6.07, 6.45) is 16.9. The number of unbranched alkanes of at least 4 members (excludes halogenated alkanes) is 13. The molecule has 0 aliphatic carbocycles. The Morgan fingerprint density at radius 1 is 0.640 bits per heavy atom. The third-order valence-corrected chi connectivity index (χ3v) is 4.91. The van der Waals surface area contributed by atoms with Gasteiger partial charge < -0.3 is 20.1 Å². The highest BCUT2D eigenvalue weighted by atomic mass is 16.4. The Morgan fingerprint density at radius 2 is 1.00 bits per heavy atom. The molecule has 25 heavy (non-hydrogen) atoms. The van der Waals surface area contributed by atoms with Crippen molar-refractivity contribution in [3.63, 3.8) is 0 Å². The van der Waals surface area contributed by atoms with Crippen LogP contribution in [0.25, 0.3) is 0 Å². The fourth-order valence-corrected chi connectivity index (χ4v) is 3.16. The molecule has 0 aromatic rings. The Kier molecular flexibility index (Phi) is 18.0. The first-order chi connectivity index (χ1) is 12.1. The second kappa shape index (κ2) is 18.3. The summed E-state index contributed by atoms with van der Waals surface area (Å²) in [5.74, 6) is 0.318. The van der Waals surface area contributed by atoms with Gasteiger partial charge in [0.25, 0.3) is 0 Å². The minimum atomic E-state index is -0.986. The monoisotopic (exact) mass is 358 g/mol. The van der Waals surface area contributed by atoms with Crippen molar-refractivity contribution < 1.29 is 20.1 Å². The maximum atomic E-state index is 10.8. The highest BCUT2D eigenvalue weighted by Gasteiger charge is 2.13. The number of hydrogen-bond acceptors (Lipinski definition) is 4. The predicted octanol–water partition coefficient (Wildman–Crippen LogP) is 4.53. The fraction of sp³-hybridized carbons (Fsp3) is 0.952. The van der Waals surface area contributed by atoms with Gasteiger partial charge in [0.1, 0.15) is 11.9 Å². The third-order valence-electron chi connectivity index (χ3n) is 4.91. The van der Waals surface area contributed by atoms with E-state index in [9.17, 15) is 15.0 Å². The van der Waals surface area contributed by atoms with Crippen LogP contribution in [0.3, 0.4) is 0 Å². The van der Waals surface area contributed by atoms with Crippen molar-refractivity contribution in [1.29, 1.82) is 0 Å². The lowest BCUT2D eigenvalue weighted by Crippen LogP contribution is -2.28. The molecule has 3 N–H and O–H groups in total. The highest BCUT2D eigenvalue weighted by molar-refractivity contribution is 5.75. The molecule has 0 heterocycles. The number of carbonyl (C=O) groups excluding carboxylic acids is 1. The van der Waals surface area contributed by atoms with Crippen LogP contribution in [0, 0.1) is 0 Å². The van der Waals surface area contributed by atoms with Crippen LogP contribution in [0.5, 0.6) is 0 Å². The fourth-order valence-electron chi connectivity index (χ4n) is 3.16. The van der Waals surface area contributed by atoms with Gasteiger partial charge in [0.05, 0.1) is 12.7 Å². The lowest BCUT2D eigenvalue weighted by atomic mass is 10.0. The number of ketones is 1. The van der Waals surface area contributed by atoms with Crippen LogP contribution in [0.1, 0.15) is 110 Å². The topological polar surface area (TPSA) is 77.8 Å². The maximum Gasteiger partial charge on any atom is 0.129 e. The molecule has 0 aliphatic heterocycles. The van der Waals surface area contributed by atoms with Crippen molar-refractivity contribution in [3.05, 3.63) is 0 Å². The average molecular weight is 359 g/mol. The Hall–Kier alpha value is -0.450. The highest BCUT2D eigenvalue weighted by Crippen LogP contribution is 2.14. The van der Waals surface area contributed by atoms with E-state index < -0.39 is 12.2 Å². The number of rotatable bonds is 19. The summed E-state index contributed by atoms with van der Waals surface area (Å²) in [7, 11) is 0. The van der Waals surface area contributed by atoms with Gasteiger partial charge in [0, 0.05) is 6.42 Å². The third kappa shape index (κ3) is 18.1. The van der Waals surface area contributed by atoms with E-state index in [1.54, 1.807) is 6.92 Å². The van der Waals surface area contributed by atoms with E-state index in [4.69, 9.17) is 5.11 Å². The Balaban J connectivity index is 3.11. The van der Waals surface area contributed by atoms with Crippen LogP contribution in [0.15, 0.2) is 0 Å². The van der Waals surface area contributed by atoms with Crippen LogP contribution in [-0.4, -0.2) is 39.9 Å². The lowest BCUT2D eigenvalue weighted by molar-refractivity contribution is -0.117. The Bertz CT molecular complexity index is 294. The molecule has 0 bridgehead atoms. The zero-order valence-electron chi connectivity index (χ0n) is 16.4. The zero-order valence-corrected chi connectivity index (χ0v) is 16.4. The first-order valence-electron chi connectivity index (χ1n) is 10.5. The molecule has 0 amide bonds. The van der Waals surface area contributed by atoms with Crippen LogP contribution in [0.4, 0.5) is 0 Å². The minimum absolute atomic E-state index is 0.318. The molecule has 0 saturated carbocycles. The van der Waals surface area contributed by atoms with Gasteiger partial charge in [-0.25, -0.2) is 0 Å². The molecule has 0 radical (unpaired) electrons. The molecule has 0 spiro atoms. The van der Waals surface area contributed by atoms with Crippen LogP contribution >= 0.6 is 0 Å². The van der Waals surface area contributed by atoms with E-state index in [2.05, 4.69) is 0 Å². The number of aliphatic hydroxyl groups excluding tert-OH is 3. The van der Waals surface area contributed by atoms with Crippen LogP contribution < -0.4 is 0 Å².